The number of rotatable bonds is 6. The monoisotopic (exact) mass is 286 g/mol. The molecule has 2 amide bonds. The molecule has 0 spiro atoms. The van der Waals surface area contributed by atoms with Crippen molar-refractivity contribution in [3.05, 3.63) is 48.5 Å². The first-order valence-electron chi connectivity index (χ1n) is 6.77. The van der Waals surface area contributed by atoms with E-state index in [2.05, 4.69) is 15.6 Å². The maximum Gasteiger partial charge on any atom is 0.253 e. The Morgan fingerprint density at radius 2 is 2.10 bits per heavy atom. The molecule has 2 rings (SSSR count). The van der Waals surface area contributed by atoms with E-state index in [9.17, 15) is 9.59 Å². The molecule has 6 heteroatoms. The zero-order chi connectivity index (χ0) is 15.1. The first-order chi connectivity index (χ1) is 10.2. The molecule has 1 heterocycles. The second-order valence-electron chi connectivity index (χ2n) is 4.64. The number of para-hydroxylation sites is 1. The van der Waals surface area contributed by atoms with E-state index in [4.69, 9.17) is 0 Å². The molecule has 2 aromatic rings. The summed E-state index contributed by atoms with van der Waals surface area (Å²) in [6.07, 6.45) is 6.16. The fraction of sp³-hybridized carbons (Fsp3) is 0.267. The minimum absolute atomic E-state index is 0.190. The topological polar surface area (TPSA) is 76.0 Å². The number of nitrogens with one attached hydrogen (secondary N) is 2. The lowest BCUT2D eigenvalue weighted by atomic mass is 10.1. The Morgan fingerprint density at radius 3 is 2.81 bits per heavy atom. The number of amides is 2. The number of carbonyl (C=O) groups is 2. The van der Waals surface area contributed by atoms with Gasteiger partial charge in [-0.15, -0.1) is 0 Å². The lowest BCUT2D eigenvalue weighted by Crippen LogP contribution is -2.26. The van der Waals surface area contributed by atoms with E-state index in [0.717, 1.165) is 13.0 Å². The lowest BCUT2D eigenvalue weighted by molar-refractivity contribution is -0.114. The van der Waals surface area contributed by atoms with Gasteiger partial charge in [0.1, 0.15) is 0 Å². The summed E-state index contributed by atoms with van der Waals surface area (Å²) >= 11 is 0. The van der Waals surface area contributed by atoms with E-state index in [0.29, 0.717) is 17.8 Å². The summed E-state index contributed by atoms with van der Waals surface area (Å²) in [7, 11) is 0. The summed E-state index contributed by atoms with van der Waals surface area (Å²) in [6, 6.07) is 6.95. The lowest BCUT2D eigenvalue weighted by Gasteiger charge is -2.10. The van der Waals surface area contributed by atoms with Crippen LogP contribution in [0.25, 0.3) is 0 Å². The second-order valence-corrected chi connectivity index (χ2v) is 4.64. The van der Waals surface area contributed by atoms with E-state index in [1.54, 1.807) is 36.8 Å². The molecule has 0 aliphatic heterocycles. The zero-order valence-corrected chi connectivity index (χ0v) is 11.9. The molecule has 0 atom stereocenters. The van der Waals surface area contributed by atoms with Crippen molar-refractivity contribution in [3.63, 3.8) is 0 Å². The summed E-state index contributed by atoms with van der Waals surface area (Å²) in [6.45, 7) is 2.78. The van der Waals surface area contributed by atoms with E-state index < -0.39 is 0 Å². The normalized spacial score (nSPS) is 10.1. The van der Waals surface area contributed by atoms with Gasteiger partial charge in [0, 0.05) is 32.4 Å². The van der Waals surface area contributed by atoms with E-state index in [1.807, 2.05) is 10.8 Å². The molecule has 2 N–H and O–H groups in total. The number of hydrogen-bond donors (Lipinski definition) is 2. The van der Waals surface area contributed by atoms with Crippen molar-refractivity contribution in [3.8, 4) is 0 Å². The van der Waals surface area contributed by atoms with Gasteiger partial charge in [-0.25, -0.2) is 4.98 Å². The predicted molar refractivity (Wildman–Crippen MR) is 79.9 cm³/mol. The first-order valence-corrected chi connectivity index (χ1v) is 6.77. The molecule has 21 heavy (non-hydrogen) atoms. The summed E-state index contributed by atoms with van der Waals surface area (Å²) in [5.74, 6) is -0.389. The van der Waals surface area contributed by atoms with Gasteiger partial charge in [0.05, 0.1) is 17.6 Å². The molecule has 110 valence electrons. The molecule has 0 saturated heterocycles. The number of hydrogen-bond acceptors (Lipinski definition) is 3. The Balaban J connectivity index is 1.86. The highest BCUT2D eigenvalue weighted by Gasteiger charge is 2.10. The summed E-state index contributed by atoms with van der Waals surface area (Å²) in [5.41, 5.74) is 0.993. The predicted octanol–water partition coefficient (Wildman–Crippen LogP) is 1.66. The average Bonchev–Trinajstić information content (AvgIpc) is 2.96. The minimum Gasteiger partial charge on any atom is -0.352 e. The van der Waals surface area contributed by atoms with Crippen LogP contribution in [-0.4, -0.2) is 27.9 Å². The molecule has 0 radical (unpaired) electrons. The van der Waals surface area contributed by atoms with Gasteiger partial charge in [0.15, 0.2) is 0 Å². The maximum absolute atomic E-state index is 12.1. The standard InChI is InChI=1S/C15H18N4O2/c1-12(20)18-14-6-3-2-5-13(14)15(21)17-7-4-9-19-10-8-16-11-19/h2-3,5-6,8,10-11H,4,7,9H2,1H3,(H,17,21)(H,18,20). The van der Waals surface area contributed by atoms with Gasteiger partial charge in [0.25, 0.3) is 5.91 Å². The molecule has 0 bridgehead atoms. The van der Waals surface area contributed by atoms with Crippen molar-refractivity contribution in [2.45, 2.75) is 19.9 Å². The van der Waals surface area contributed by atoms with E-state index >= 15 is 0 Å². The Morgan fingerprint density at radius 1 is 1.29 bits per heavy atom. The van der Waals surface area contributed by atoms with Crippen LogP contribution in [0.1, 0.15) is 23.7 Å². The number of aryl methyl sites for hydroxylation is 1. The number of benzene rings is 1. The number of anilines is 1. The van der Waals surface area contributed by atoms with Gasteiger partial charge in [-0.05, 0) is 18.6 Å². The Bertz CT molecular complexity index is 608. The van der Waals surface area contributed by atoms with Gasteiger partial charge in [-0.1, -0.05) is 12.1 Å². The molecule has 1 aromatic heterocycles. The van der Waals surface area contributed by atoms with Gasteiger partial charge in [-0.3, -0.25) is 9.59 Å². The van der Waals surface area contributed by atoms with E-state index in [-0.39, 0.29) is 11.8 Å². The van der Waals surface area contributed by atoms with Crippen LogP contribution in [0.2, 0.25) is 0 Å². The summed E-state index contributed by atoms with van der Waals surface area (Å²) in [4.78, 5) is 27.2. The SMILES string of the molecule is CC(=O)Nc1ccccc1C(=O)NCCCn1ccnc1. The highest BCUT2D eigenvalue weighted by atomic mass is 16.2. The fourth-order valence-corrected chi connectivity index (χ4v) is 1.96. The average molecular weight is 286 g/mol. The largest absolute Gasteiger partial charge is 0.352 e. The Kier molecular flexibility index (Phi) is 5.09. The van der Waals surface area contributed by atoms with Crippen molar-refractivity contribution in [2.24, 2.45) is 0 Å². The summed E-state index contributed by atoms with van der Waals surface area (Å²) in [5, 5.41) is 5.51. The Labute approximate surface area is 123 Å². The van der Waals surface area contributed by atoms with Gasteiger partial charge in [-0.2, -0.15) is 0 Å². The number of nitrogens with zero attached hydrogens (tertiary/aromatic N) is 2. The molecule has 1 aromatic carbocycles. The highest BCUT2D eigenvalue weighted by Crippen LogP contribution is 2.14. The third kappa shape index (κ3) is 4.45. The van der Waals surface area contributed by atoms with Crippen molar-refractivity contribution in [1.82, 2.24) is 14.9 Å². The second kappa shape index (κ2) is 7.23. The third-order valence-corrected chi connectivity index (χ3v) is 2.92. The first kappa shape index (κ1) is 14.8. The van der Waals surface area contributed by atoms with Crippen LogP contribution in [0.5, 0.6) is 0 Å². The highest BCUT2D eigenvalue weighted by molar-refractivity contribution is 6.03. The van der Waals surface area contributed by atoms with Crippen LogP contribution < -0.4 is 10.6 Å². The third-order valence-electron chi connectivity index (χ3n) is 2.92. The zero-order valence-electron chi connectivity index (χ0n) is 11.9. The molecule has 0 aliphatic carbocycles. The maximum atomic E-state index is 12.1. The number of imidazole rings is 1. The van der Waals surface area contributed by atoms with Crippen molar-refractivity contribution >= 4 is 17.5 Å². The summed E-state index contributed by atoms with van der Waals surface area (Å²) < 4.78 is 1.96. The molecule has 0 unspecified atom stereocenters. The van der Waals surface area contributed by atoms with Crippen molar-refractivity contribution < 1.29 is 9.59 Å². The smallest absolute Gasteiger partial charge is 0.253 e. The number of aromatic nitrogens is 2. The van der Waals surface area contributed by atoms with Crippen molar-refractivity contribution in [2.75, 3.05) is 11.9 Å². The minimum atomic E-state index is -0.199. The Hall–Kier alpha value is -2.63. The van der Waals surface area contributed by atoms with Crippen LogP contribution in [0.4, 0.5) is 5.69 Å². The molecule has 0 saturated carbocycles. The molecular formula is C15H18N4O2. The van der Waals surface area contributed by atoms with Gasteiger partial charge in [0.2, 0.25) is 5.91 Å². The van der Waals surface area contributed by atoms with Crippen LogP contribution >= 0.6 is 0 Å². The fourth-order valence-electron chi connectivity index (χ4n) is 1.96. The van der Waals surface area contributed by atoms with Crippen molar-refractivity contribution in [1.29, 1.82) is 0 Å². The quantitative estimate of drug-likeness (QED) is 0.793. The van der Waals surface area contributed by atoms with E-state index in [1.165, 1.54) is 6.92 Å². The molecule has 0 fully saturated rings. The van der Waals surface area contributed by atoms with Crippen LogP contribution in [0, 0.1) is 0 Å². The molecular weight excluding hydrogens is 268 g/mol. The van der Waals surface area contributed by atoms with Gasteiger partial charge < -0.3 is 15.2 Å². The van der Waals surface area contributed by atoms with Crippen LogP contribution in [0.3, 0.4) is 0 Å². The van der Waals surface area contributed by atoms with Crippen LogP contribution in [0.15, 0.2) is 43.0 Å². The number of carbonyl (C=O) groups excluding carboxylic acids is 2. The van der Waals surface area contributed by atoms with Gasteiger partial charge >= 0.3 is 0 Å². The molecule has 0 aliphatic rings. The van der Waals surface area contributed by atoms with Crippen LogP contribution in [-0.2, 0) is 11.3 Å². The molecule has 6 nitrogen and oxygen atoms in total.